The molecular formula is C26H34. The SMILES string of the molecule is CCC(C)C1=Cc2c(ccc(C)c2-c2cc(C(C)C)cc(C(C)C)c2)C1. The number of benzene rings is 2. The first-order chi connectivity index (χ1) is 12.3. The fourth-order valence-electron chi connectivity index (χ4n) is 4.00. The highest BCUT2D eigenvalue weighted by Crippen LogP contribution is 2.40. The monoisotopic (exact) mass is 346 g/mol. The molecule has 1 aliphatic rings. The summed E-state index contributed by atoms with van der Waals surface area (Å²) >= 11 is 0. The van der Waals surface area contributed by atoms with E-state index < -0.39 is 0 Å². The summed E-state index contributed by atoms with van der Waals surface area (Å²) < 4.78 is 0. The summed E-state index contributed by atoms with van der Waals surface area (Å²) in [7, 11) is 0. The van der Waals surface area contributed by atoms with Crippen LogP contribution in [-0.4, -0.2) is 0 Å². The van der Waals surface area contributed by atoms with Crippen LogP contribution in [0.5, 0.6) is 0 Å². The van der Waals surface area contributed by atoms with E-state index in [1.807, 2.05) is 0 Å². The molecule has 0 saturated heterocycles. The van der Waals surface area contributed by atoms with Gasteiger partial charge in [0, 0.05) is 0 Å². The van der Waals surface area contributed by atoms with Gasteiger partial charge in [0.1, 0.15) is 0 Å². The zero-order valence-electron chi connectivity index (χ0n) is 17.6. The van der Waals surface area contributed by atoms with Crippen LogP contribution in [0.15, 0.2) is 35.9 Å². The summed E-state index contributed by atoms with van der Waals surface area (Å²) in [6.45, 7) is 16.1. The Bertz CT molecular complexity index is 807. The summed E-state index contributed by atoms with van der Waals surface area (Å²) in [6.07, 6.45) is 4.83. The van der Waals surface area contributed by atoms with Gasteiger partial charge >= 0.3 is 0 Å². The lowest BCUT2D eigenvalue weighted by Crippen LogP contribution is -1.98. The highest BCUT2D eigenvalue weighted by molar-refractivity contribution is 5.83. The van der Waals surface area contributed by atoms with Crippen LogP contribution >= 0.6 is 0 Å². The molecule has 0 spiro atoms. The Balaban J connectivity index is 2.20. The molecule has 26 heavy (non-hydrogen) atoms. The van der Waals surface area contributed by atoms with E-state index in [-0.39, 0.29) is 0 Å². The molecular weight excluding hydrogens is 312 g/mol. The van der Waals surface area contributed by atoms with E-state index in [4.69, 9.17) is 0 Å². The molecule has 0 nitrogen and oxygen atoms in total. The first-order valence-electron chi connectivity index (χ1n) is 10.3. The summed E-state index contributed by atoms with van der Waals surface area (Å²) in [6, 6.07) is 11.9. The molecule has 0 bridgehead atoms. The third-order valence-corrected chi connectivity index (χ3v) is 6.11. The smallest absolute Gasteiger partial charge is 0.00549 e. The van der Waals surface area contributed by atoms with Crippen LogP contribution in [0.3, 0.4) is 0 Å². The second kappa shape index (κ2) is 7.43. The lowest BCUT2D eigenvalue weighted by atomic mass is 9.87. The van der Waals surface area contributed by atoms with Crippen molar-refractivity contribution in [2.24, 2.45) is 5.92 Å². The fourth-order valence-corrected chi connectivity index (χ4v) is 4.00. The maximum absolute atomic E-state index is 2.49. The van der Waals surface area contributed by atoms with E-state index in [1.54, 1.807) is 5.57 Å². The minimum atomic E-state index is 0.552. The molecule has 0 heterocycles. The Morgan fingerprint density at radius 1 is 0.885 bits per heavy atom. The molecule has 0 saturated carbocycles. The zero-order valence-corrected chi connectivity index (χ0v) is 17.6. The topological polar surface area (TPSA) is 0 Å². The number of fused-ring (bicyclic) bond motifs is 1. The Kier molecular flexibility index (Phi) is 5.42. The third-order valence-electron chi connectivity index (χ3n) is 6.11. The standard InChI is InChI=1S/C26H34/c1-8-18(6)23-11-20-10-9-19(7)26(25(20)15-23)24-13-21(16(2)3)12-22(14-24)17(4)5/h9-10,12-18H,8,11H2,1-7H3. The second-order valence-electron chi connectivity index (χ2n) is 8.73. The Morgan fingerprint density at radius 2 is 1.50 bits per heavy atom. The van der Waals surface area contributed by atoms with Gasteiger partial charge in [-0.1, -0.05) is 83.5 Å². The van der Waals surface area contributed by atoms with Gasteiger partial charge in [-0.3, -0.25) is 0 Å². The minimum Gasteiger partial charge on any atom is -0.0648 e. The molecule has 138 valence electrons. The van der Waals surface area contributed by atoms with Crippen LogP contribution in [0, 0.1) is 12.8 Å². The van der Waals surface area contributed by atoms with Crippen molar-refractivity contribution in [1.29, 1.82) is 0 Å². The maximum Gasteiger partial charge on any atom is -0.00549 e. The van der Waals surface area contributed by atoms with Gasteiger partial charge in [0.15, 0.2) is 0 Å². The van der Waals surface area contributed by atoms with Gasteiger partial charge in [0.25, 0.3) is 0 Å². The summed E-state index contributed by atoms with van der Waals surface area (Å²) in [5, 5.41) is 0. The first-order valence-corrected chi connectivity index (χ1v) is 10.3. The van der Waals surface area contributed by atoms with E-state index in [1.165, 1.54) is 45.4 Å². The second-order valence-corrected chi connectivity index (χ2v) is 8.73. The number of hydrogen-bond donors (Lipinski definition) is 0. The Labute approximate surface area is 160 Å². The lowest BCUT2D eigenvalue weighted by Gasteiger charge is -2.18. The van der Waals surface area contributed by atoms with Gasteiger partial charge in [-0.2, -0.15) is 0 Å². The molecule has 2 aromatic carbocycles. The van der Waals surface area contributed by atoms with Gasteiger partial charge in [0.05, 0.1) is 0 Å². The molecule has 0 amide bonds. The molecule has 0 aliphatic heterocycles. The predicted octanol–water partition coefficient (Wildman–Crippen LogP) is 7.89. The van der Waals surface area contributed by atoms with Gasteiger partial charge in [-0.05, 0) is 76.5 Å². The van der Waals surface area contributed by atoms with E-state index in [0.717, 1.165) is 6.42 Å². The molecule has 0 radical (unpaired) electrons. The van der Waals surface area contributed by atoms with Crippen molar-refractivity contribution < 1.29 is 0 Å². The van der Waals surface area contributed by atoms with Crippen LogP contribution < -0.4 is 0 Å². The molecule has 0 heteroatoms. The van der Waals surface area contributed by atoms with E-state index in [2.05, 4.69) is 84.9 Å². The highest BCUT2D eigenvalue weighted by Gasteiger charge is 2.21. The number of aryl methyl sites for hydroxylation is 1. The quantitative estimate of drug-likeness (QED) is 0.516. The molecule has 3 rings (SSSR count). The molecule has 2 aromatic rings. The maximum atomic E-state index is 2.49. The number of hydrogen-bond acceptors (Lipinski definition) is 0. The van der Waals surface area contributed by atoms with Crippen molar-refractivity contribution in [1.82, 2.24) is 0 Å². The van der Waals surface area contributed by atoms with Crippen molar-refractivity contribution in [2.75, 3.05) is 0 Å². The van der Waals surface area contributed by atoms with Gasteiger partial charge < -0.3 is 0 Å². The van der Waals surface area contributed by atoms with E-state index >= 15 is 0 Å². The third kappa shape index (κ3) is 3.52. The molecule has 0 N–H and O–H groups in total. The van der Waals surface area contributed by atoms with Crippen molar-refractivity contribution in [3.63, 3.8) is 0 Å². The van der Waals surface area contributed by atoms with E-state index in [9.17, 15) is 0 Å². The van der Waals surface area contributed by atoms with Crippen LogP contribution in [0.2, 0.25) is 0 Å². The highest BCUT2D eigenvalue weighted by atomic mass is 14.3. The molecule has 1 atom stereocenters. The van der Waals surface area contributed by atoms with Crippen molar-refractivity contribution in [3.05, 3.63) is 63.7 Å². The van der Waals surface area contributed by atoms with Gasteiger partial charge in [-0.25, -0.2) is 0 Å². The molecule has 0 fully saturated rings. The van der Waals surface area contributed by atoms with Crippen LogP contribution in [0.1, 0.15) is 87.6 Å². The largest absolute Gasteiger partial charge is 0.0648 e. The van der Waals surface area contributed by atoms with Crippen LogP contribution in [-0.2, 0) is 6.42 Å². The van der Waals surface area contributed by atoms with Crippen LogP contribution in [0.25, 0.3) is 17.2 Å². The van der Waals surface area contributed by atoms with Crippen LogP contribution in [0.4, 0.5) is 0 Å². The average Bonchev–Trinajstić information content (AvgIpc) is 3.04. The number of allylic oxidation sites excluding steroid dienone is 1. The average molecular weight is 347 g/mol. The number of rotatable bonds is 5. The van der Waals surface area contributed by atoms with Crippen molar-refractivity contribution in [2.45, 2.75) is 73.1 Å². The van der Waals surface area contributed by atoms with Crippen molar-refractivity contribution >= 4 is 6.08 Å². The van der Waals surface area contributed by atoms with E-state index in [0.29, 0.717) is 17.8 Å². The fraction of sp³-hybridized carbons (Fsp3) is 0.462. The van der Waals surface area contributed by atoms with Gasteiger partial charge in [0.2, 0.25) is 0 Å². The molecule has 1 aliphatic carbocycles. The zero-order chi connectivity index (χ0) is 19.0. The molecule has 0 aromatic heterocycles. The summed E-state index contributed by atoms with van der Waals surface area (Å²) in [5.74, 6) is 1.77. The van der Waals surface area contributed by atoms with Gasteiger partial charge in [-0.15, -0.1) is 0 Å². The normalized spacial score (nSPS) is 14.7. The minimum absolute atomic E-state index is 0.552. The first kappa shape index (κ1) is 19.0. The summed E-state index contributed by atoms with van der Waals surface area (Å²) in [4.78, 5) is 0. The Hall–Kier alpha value is -1.82. The predicted molar refractivity (Wildman–Crippen MR) is 116 cm³/mol. The lowest BCUT2D eigenvalue weighted by molar-refractivity contribution is 0.647. The van der Waals surface area contributed by atoms with Crippen molar-refractivity contribution in [3.8, 4) is 11.1 Å². The Morgan fingerprint density at radius 3 is 2.04 bits per heavy atom. The summed E-state index contributed by atoms with van der Waals surface area (Å²) in [5.41, 5.74) is 11.7. The molecule has 1 unspecified atom stereocenters.